The summed E-state index contributed by atoms with van der Waals surface area (Å²) in [4.78, 5) is 14.7. The van der Waals surface area contributed by atoms with Crippen molar-refractivity contribution in [1.82, 2.24) is 15.0 Å². The molecular formula is C37H28N3OP. The summed E-state index contributed by atoms with van der Waals surface area (Å²) in [7, 11) is -2.33. The fourth-order valence-corrected chi connectivity index (χ4v) is 6.30. The topological polar surface area (TPSA) is 55.7 Å². The van der Waals surface area contributed by atoms with Crippen molar-refractivity contribution in [3.05, 3.63) is 133 Å². The lowest BCUT2D eigenvalue weighted by molar-refractivity contribution is 0.588. The molecule has 1 aromatic heterocycles. The maximum Gasteiger partial charge on any atom is 0.164 e. The number of rotatable bonds is 5. The predicted molar refractivity (Wildman–Crippen MR) is 176 cm³/mol. The second-order valence-corrected chi connectivity index (χ2v) is 14.1. The van der Waals surface area contributed by atoms with E-state index in [9.17, 15) is 4.57 Å². The molecule has 202 valence electrons. The highest BCUT2D eigenvalue weighted by Gasteiger charge is 2.15. The highest BCUT2D eigenvalue weighted by molar-refractivity contribution is 7.70. The zero-order valence-electron chi connectivity index (χ0n) is 23.4. The molecule has 0 atom stereocenters. The van der Waals surface area contributed by atoms with Crippen LogP contribution in [-0.4, -0.2) is 28.3 Å². The average Bonchev–Trinajstić information content (AvgIpc) is 3.04. The van der Waals surface area contributed by atoms with Crippen molar-refractivity contribution < 1.29 is 4.57 Å². The van der Waals surface area contributed by atoms with Gasteiger partial charge < -0.3 is 4.57 Å². The zero-order chi connectivity index (χ0) is 28.7. The quantitative estimate of drug-likeness (QED) is 0.155. The Balaban J connectivity index is 1.42. The summed E-state index contributed by atoms with van der Waals surface area (Å²) in [6.45, 7) is 3.62. The van der Waals surface area contributed by atoms with Gasteiger partial charge in [0.15, 0.2) is 17.5 Å². The molecule has 0 radical (unpaired) electrons. The molecule has 7 aromatic rings. The minimum absolute atomic E-state index is 0.630. The minimum Gasteiger partial charge on any atom is -0.319 e. The van der Waals surface area contributed by atoms with Gasteiger partial charge in [0.1, 0.15) is 7.14 Å². The second kappa shape index (κ2) is 10.5. The number of nitrogens with zero attached hydrogens (tertiary/aromatic N) is 3. The summed E-state index contributed by atoms with van der Waals surface area (Å²) < 4.78 is 12.6. The van der Waals surface area contributed by atoms with E-state index in [1.54, 1.807) is 0 Å². The highest BCUT2D eigenvalue weighted by Crippen LogP contribution is 2.38. The largest absolute Gasteiger partial charge is 0.319 e. The first-order chi connectivity index (χ1) is 20.4. The van der Waals surface area contributed by atoms with Gasteiger partial charge in [-0.15, -0.1) is 0 Å². The first kappa shape index (κ1) is 26.0. The van der Waals surface area contributed by atoms with Gasteiger partial charge in [-0.2, -0.15) is 0 Å². The SMILES string of the molecule is CP(C)(=O)c1ccc(-c2cc3cc(-c4nc(-c5ccccc5)nc(-c5ccccc5)n4)ccc3c3ccccc23)cc1. The van der Waals surface area contributed by atoms with Crippen molar-refractivity contribution in [2.75, 3.05) is 13.3 Å². The minimum atomic E-state index is -2.33. The lowest BCUT2D eigenvalue weighted by atomic mass is 9.92. The summed E-state index contributed by atoms with van der Waals surface area (Å²) in [5.41, 5.74) is 5.04. The van der Waals surface area contributed by atoms with Crippen LogP contribution in [0.15, 0.2) is 133 Å². The van der Waals surface area contributed by atoms with Gasteiger partial charge in [0.05, 0.1) is 0 Å². The molecule has 0 saturated carbocycles. The lowest BCUT2D eigenvalue weighted by Crippen LogP contribution is -2.01. The molecule has 6 aromatic carbocycles. The second-order valence-electron chi connectivity index (χ2n) is 10.8. The van der Waals surface area contributed by atoms with E-state index in [4.69, 9.17) is 15.0 Å². The van der Waals surface area contributed by atoms with Crippen LogP contribution in [0.3, 0.4) is 0 Å². The monoisotopic (exact) mass is 561 g/mol. The van der Waals surface area contributed by atoms with E-state index in [0.29, 0.717) is 17.5 Å². The molecule has 0 fully saturated rings. The molecule has 0 N–H and O–H groups in total. The Morgan fingerprint density at radius 1 is 0.452 bits per heavy atom. The number of benzene rings is 6. The zero-order valence-corrected chi connectivity index (χ0v) is 24.3. The molecule has 0 bridgehead atoms. The van der Waals surface area contributed by atoms with Crippen LogP contribution < -0.4 is 5.30 Å². The van der Waals surface area contributed by atoms with Crippen LogP contribution in [0.2, 0.25) is 0 Å². The fraction of sp³-hybridized carbons (Fsp3) is 0.0541. The summed E-state index contributed by atoms with van der Waals surface area (Å²) in [5.74, 6) is 1.91. The number of hydrogen-bond donors (Lipinski definition) is 0. The van der Waals surface area contributed by atoms with Crippen LogP contribution in [-0.2, 0) is 4.57 Å². The van der Waals surface area contributed by atoms with E-state index in [2.05, 4.69) is 60.7 Å². The summed E-state index contributed by atoms with van der Waals surface area (Å²) in [6.07, 6.45) is 0. The molecule has 1 heterocycles. The van der Waals surface area contributed by atoms with Gasteiger partial charge in [0.2, 0.25) is 0 Å². The Morgan fingerprint density at radius 3 is 1.52 bits per heavy atom. The Hall–Kier alpha value is -4.92. The maximum atomic E-state index is 12.6. The molecule has 5 heteroatoms. The normalized spacial score (nSPS) is 11.7. The molecule has 0 aliphatic rings. The maximum absolute atomic E-state index is 12.6. The third-order valence-electron chi connectivity index (χ3n) is 7.62. The smallest absolute Gasteiger partial charge is 0.164 e. The highest BCUT2D eigenvalue weighted by atomic mass is 31.2. The van der Waals surface area contributed by atoms with Crippen molar-refractivity contribution in [3.63, 3.8) is 0 Å². The van der Waals surface area contributed by atoms with Crippen LogP contribution in [0.1, 0.15) is 0 Å². The fourth-order valence-electron chi connectivity index (χ4n) is 5.43. The van der Waals surface area contributed by atoms with Gasteiger partial charge in [-0.3, -0.25) is 0 Å². The van der Waals surface area contributed by atoms with Gasteiger partial charge in [0.25, 0.3) is 0 Å². The van der Waals surface area contributed by atoms with E-state index < -0.39 is 7.14 Å². The van der Waals surface area contributed by atoms with E-state index in [1.807, 2.05) is 86.1 Å². The van der Waals surface area contributed by atoms with E-state index >= 15 is 0 Å². The molecule has 0 amide bonds. The average molecular weight is 562 g/mol. The first-order valence-corrected chi connectivity index (χ1v) is 16.5. The molecule has 0 aliphatic heterocycles. The van der Waals surface area contributed by atoms with Crippen LogP contribution in [0, 0.1) is 0 Å². The molecular weight excluding hydrogens is 533 g/mol. The van der Waals surface area contributed by atoms with Gasteiger partial charge >= 0.3 is 0 Å². The molecule has 4 nitrogen and oxygen atoms in total. The number of fused-ring (bicyclic) bond motifs is 3. The Kier molecular flexibility index (Phi) is 6.49. The molecule has 42 heavy (non-hydrogen) atoms. The number of hydrogen-bond acceptors (Lipinski definition) is 4. The van der Waals surface area contributed by atoms with E-state index in [1.165, 1.54) is 16.2 Å². The van der Waals surface area contributed by atoms with E-state index in [0.717, 1.165) is 38.5 Å². The standard InChI is InChI=1S/C37H28N3OP/c1-42(2,41)30-20-17-25(18-21-30)34-24-29-23-28(19-22-31(29)32-15-9-10-16-33(32)34)37-39-35(26-11-5-3-6-12-26)38-36(40-37)27-13-7-4-8-14-27/h3-24H,1-2H3. The van der Waals surface area contributed by atoms with Gasteiger partial charge in [-0.1, -0.05) is 121 Å². The molecule has 7 rings (SSSR count). The lowest BCUT2D eigenvalue weighted by Gasteiger charge is -2.14. The van der Waals surface area contributed by atoms with Crippen LogP contribution in [0.25, 0.3) is 66.8 Å². The van der Waals surface area contributed by atoms with Crippen molar-refractivity contribution in [2.24, 2.45) is 0 Å². The van der Waals surface area contributed by atoms with Crippen molar-refractivity contribution in [2.45, 2.75) is 0 Å². The van der Waals surface area contributed by atoms with Gasteiger partial charge in [-0.05, 0) is 58.1 Å². The predicted octanol–water partition coefficient (Wildman–Crippen LogP) is 9.09. The summed E-state index contributed by atoms with van der Waals surface area (Å²) >= 11 is 0. The van der Waals surface area contributed by atoms with Crippen LogP contribution >= 0.6 is 7.14 Å². The van der Waals surface area contributed by atoms with Crippen LogP contribution in [0.5, 0.6) is 0 Å². The van der Waals surface area contributed by atoms with Gasteiger partial charge in [-0.25, -0.2) is 15.0 Å². The van der Waals surface area contributed by atoms with Crippen LogP contribution in [0.4, 0.5) is 0 Å². The van der Waals surface area contributed by atoms with Crippen molar-refractivity contribution in [1.29, 1.82) is 0 Å². The Bertz CT molecular complexity index is 2060. The first-order valence-electron chi connectivity index (χ1n) is 13.9. The van der Waals surface area contributed by atoms with E-state index in [-0.39, 0.29) is 0 Å². The Morgan fingerprint density at radius 2 is 0.952 bits per heavy atom. The Labute approximate surface area is 245 Å². The third kappa shape index (κ3) is 4.91. The summed E-state index contributed by atoms with van der Waals surface area (Å²) in [5, 5.41) is 5.52. The van der Waals surface area contributed by atoms with Crippen molar-refractivity contribution in [3.8, 4) is 45.3 Å². The molecule has 0 aliphatic carbocycles. The molecule has 0 saturated heterocycles. The number of aromatic nitrogens is 3. The molecule has 0 unspecified atom stereocenters. The van der Waals surface area contributed by atoms with Crippen molar-refractivity contribution >= 4 is 34.0 Å². The van der Waals surface area contributed by atoms with Gasteiger partial charge in [0, 0.05) is 22.0 Å². The third-order valence-corrected chi connectivity index (χ3v) is 9.16. The molecule has 0 spiro atoms. The summed E-state index contributed by atoms with van der Waals surface area (Å²) in [6, 6.07) is 45.4.